The first kappa shape index (κ1) is 13.5. The Hall–Kier alpha value is -1.54. The number of nitrogens with one attached hydrogen (secondary N) is 2. The van der Waals surface area contributed by atoms with Crippen molar-refractivity contribution >= 4 is 38.7 Å². The molecule has 0 unspecified atom stereocenters. The fourth-order valence-electron chi connectivity index (χ4n) is 1.21. The summed E-state index contributed by atoms with van der Waals surface area (Å²) >= 11 is 4.69. The SMILES string of the molecule is COc1ccc(NC(N)=S)cc1NS(C)(=O)=O. The highest BCUT2D eigenvalue weighted by atomic mass is 32.2. The molecule has 0 spiro atoms. The van der Waals surface area contributed by atoms with E-state index in [-0.39, 0.29) is 5.11 Å². The maximum Gasteiger partial charge on any atom is 0.229 e. The molecule has 1 aromatic rings. The van der Waals surface area contributed by atoms with Gasteiger partial charge in [-0.3, -0.25) is 4.72 Å². The van der Waals surface area contributed by atoms with E-state index >= 15 is 0 Å². The molecule has 8 heteroatoms. The zero-order valence-electron chi connectivity index (χ0n) is 9.35. The Labute approximate surface area is 105 Å². The molecule has 0 fully saturated rings. The van der Waals surface area contributed by atoms with E-state index in [4.69, 9.17) is 10.5 Å². The number of ether oxygens (including phenoxy) is 1. The minimum Gasteiger partial charge on any atom is -0.495 e. The molecule has 0 saturated carbocycles. The molecule has 0 bridgehead atoms. The molecular weight excluding hydrogens is 262 g/mol. The standard InChI is InChI=1S/C9H13N3O3S2/c1-15-8-4-3-6(11-9(10)16)5-7(8)12-17(2,13)14/h3-5,12H,1-2H3,(H3,10,11,16). The Balaban J connectivity index is 3.10. The van der Waals surface area contributed by atoms with Gasteiger partial charge in [-0.25, -0.2) is 8.42 Å². The molecule has 0 saturated heterocycles. The Morgan fingerprint density at radius 3 is 2.59 bits per heavy atom. The molecule has 0 aromatic heterocycles. The zero-order chi connectivity index (χ0) is 13.1. The lowest BCUT2D eigenvalue weighted by Crippen LogP contribution is -2.19. The van der Waals surface area contributed by atoms with Gasteiger partial charge in [-0.15, -0.1) is 0 Å². The Morgan fingerprint density at radius 1 is 1.47 bits per heavy atom. The van der Waals surface area contributed by atoms with Gasteiger partial charge in [-0.2, -0.15) is 0 Å². The average Bonchev–Trinajstić information content (AvgIpc) is 2.14. The molecular formula is C9H13N3O3S2. The van der Waals surface area contributed by atoms with E-state index in [2.05, 4.69) is 22.3 Å². The summed E-state index contributed by atoms with van der Waals surface area (Å²) in [4.78, 5) is 0. The second kappa shape index (κ2) is 5.19. The van der Waals surface area contributed by atoms with Crippen LogP contribution in [0.1, 0.15) is 0 Å². The minimum atomic E-state index is -3.38. The third kappa shape index (κ3) is 4.45. The van der Waals surface area contributed by atoms with E-state index < -0.39 is 10.0 Å². The fraction of sp³-hybridized carbons (Fsp3) is 0.222. The van der Waals surface area contributed by atoms with Gasteiger partial charge in [0.1, 0.15) is 5.75 Å². The lowest BCUT2D eigenvalue weighted by atomic mass is 10.2. The lowest BCUT2D eigenvalue weighted by Gasteiger charge is -2.12. The third-order valence-corrected chi connectivity index (χ3v) is 2.46. The molecule has 94 valence electrons. The van der Waals surface area contributed by atoms with E-state index in [0.29, 0.717) is 17.1 Å². The summed E-state index contributed by atoms with van der Waals surface area (Å²) in [7, 11) is -1.93. The van der Waals surface area contributed by atoms with Crippen LogP contribution in [-0.2, 0) is 10.0 Å². The van der Waals surface area contributed by atoms with Gasteiger partial charge in [0.05, 0.1) is 19.1 Å². The van der Waals surface area contributed by atoms with Crippen LogP contribution < -0.4 is 20.5 Å². The van der Waals surface area contributed by atoms with Gasteiger partial charge < -0.3 is 15.8 Å². The van der Waals surface area contributed by atoms with Crippen molar-refractivity contribution in [2.75, 3.05) is 23.4 Å². The molecule has 17 heavy (non-hydrogen) atoms. The predicted octanol–water partition coefficient (Wildman–Crippen LogP) is 0.722. The lowest BCUT2D eigenvalue weighted by molar-refractivity contribution is 0.417. The molecule has 0 aliphatic carbocycles. The van der Waals surface area contributed by atoms with Crippen molar-refractivity contribution in [1.82, 2.24) is 0 Å². The summed E-state index contributed by atoms with van der Waals surface area (Å²) < 4.78 is 29.7. The average molecular weight is 275 g/mol. The van der Waals surface area contributed by atoms with Gasteiger partial charge in [-0.1, -0.05) is 0 Å². The Bertz CT molecular complexity index is 528. The summed E-state index contributed by atoms with van der Waals surface area (Å²) in [5.41, 5.74) is 6.21. The Kier molecular flexibility index (Phi) is 4.13. The molecule has 4 N–H and O–H groups in total. The van der Waals surface area contributed by atoms with E-state index in [9.17, 15) is 8.42 Å². The molecule has 0 amide bonds. The van der Waals surface area contributed by atoms with Crippen LogP contribution in [0, 0.1) is 0 Å². The van der Waals surface area contributed by atoms with E-state index in [1.807, 2.05) is 0 Å². The second-order valence-corrected chi connectivity index (χ2v) is 5.47. The zero-order valence-corrected chi connectivity index (χ0v) is 11.0. The fourth-order valence-corrected chi connectivity index (χ4v) is 1.88. The Morgan fingerprint density at radius 2 is 2.12 bits per heavy atom. The number of hydrogen-bond donors (Lipinski definition) is 3. The highest BCUT2D eigenvalue weighted by molar-refractivity contribution is 7.92. The summed E-state index contributed by atoms with van der Waals surface area (Å²) in [6, 6.07) is 4.82. The number of nitrogens with two attached hydrogens (primary N) is 1. The van der Waals surface area contributed by atoms with Crippen molar-refractivity contribution in [3.05, 3.63) is 18.2 Å². The van der Waals surface area contributed by atoms with Crippen molar-refractivity contribution in [3.63, 3.8) is 0 Å². The number of benzene rings is 1. The van der Waals surface area contributed by atoms with E-state index in [0.717, 1.165) is 6.26 Å². The van der Waals surface area contributed by atoms with Gasteiger partial charge in [0.25, 0.3) is 0 Å². The monoisotopic (exact) mass is 275 g/mol. The largest absolute Gasteiger partial charge is 0.495 e. The van der Waals surface area contributed by atoms with Crippen molar-refractivity contribution in [2.45, 2.75) is 0 Å². The number of sulfonamides is 1. The number of anilines is 2. The van der Waals surface area contributed by atoms with Crippen LogP contribution in [0.15, 0.2) is 18.2 Å². The topological polar surface area (TPSA) is 93.4 Å². The van der Waals surface area contributed by atoms with Crippen molar-refractivity contribution in [1.29, 1.82) is 0 Å². The van der Waals surface area contributed by atoms with Crippen molar-refractivity contribution in [3.8, 4) is 5.75 Å². The van der Waals surface area contributed by atoms with Crippen molar-refractivity contribution < 1.29 is 13.2 Å². The van der Waals surface area contributed by atoms with Crippen LogP contribution in [0.3, 0.4) is 0 Å². The van der Waals surface area contributed by atoms with Gasteiger partial charge >= 0.3 is 0 Å². The van der Waals surface area contributed by atoms with Crippen LogP contribution in [0.2, 0.25) is 0 Å². The van der Waals surface area contributed by atoms with Gasteiger partial charge in [0, 0.05) is 5.69 Å². The van der Waals surface area contributed by atoms with Crippen molar-refractivity contribution in [2.24, 2.45) is 5.73 Å². The summed E-state index contributed by atoms with van der Waals surface area (Å²) in [5.74, 6) is 0.406. The summed E-state index contributed by atoms with van der Waals surface area (Å²) in [6.07, 6.45) is 1.06. The minimum absolute atomic E-state index is 0.0977. The molecule has 0 aliphatic heterocycles. The number of rotatable bonds is 4. The first-order valence-electron chi connectivity index (χ1n) is 4.54. The first-order valence-corrected chi connectivity index (χ1v) is 6.84. The molecule has 6 nitrogen and oxygen atoms in total. The normalized spacial score (nSPS) is 10.7. The quantitative estimate of drug-likeness (QED) is 0.701. The highest BCUT2D eigenvalue weighted by Gasteiger charge is 2.09. The van der Waals surface area contributed by atoms with Crippen LogP contribution >= 0.6 is 12.2 Å². The van der Waals surface area contributed by atoms with Gasteiger partial charge in [-0.05, 0) is 30.4 Å². The molecule has 0 heterocycles. The smallest absolute Gasteiger partial charge is 0.229 e. The third-order valence-electron chi connectivity index (χ3n) is 1.76. The van der Waals surface area contributed by atoms with Crippen LogP contribution in [0.4, 0.5) is 11.4 Å². The highest BCUT2D eigenvalue weighted by Crippen LogP contribution is 2.28. The molecule has 0 radical (unpaired) electrons. The van der Waals surface area contributed by atoms with E-state index in [1.54, 1.807) is 18.2 Å². The van der Waals surface area contributed by atoms with Crippen LogP contribution in [0.5, 0.6) is 5.75 Å². The van der Waals surface area contributed by atoms with E-state index in [1.165, 1.54) is 7.11 Å². The molecule has 0 atom stereocenters. The van der Waals surface area contributed by atoms with Crippen LogP contribution in [0.25, 0.3) is 0 Å². The first-order chi connectivity index (χ1) is 7.81. The molecule has 1 aromatic carbocycles. The maximum absolute atomic E-state index is 11.2. The maximum atomic E-state index is 11.2. The number of hydrogen-bond acceptors (Lipinski definition) is 4. The predicted molar refractivity (Wildman–Crippen MR) is 71.9 cm³/mol. The van der Waals surface area contributed by atoms with Crippen LogP contribution in [-0.4, -0.2) is 26.9 Å². The summed E-state index contributed by atoms with van der Waals surface area (Å²) in [5, 5.41) is 2.80. The van der Waals surface area contributed by atoms with Gasteiger partial charge in [0.15, 0.2) is 5.11 Å². The molecule has 1 rings (SSSR count). The molecule has 0 aliphatic rings. The second-order valence-electron chi connectivity index (χ2n) is 3.28. The van der Waals surface area contributed by atoms with Gasteiger partial charge in [0.2, 0.25) is 10.0 Å². The summed E-state index contributed by atoms with van der Waals surface area (Å²) in [6.45, 7) is 0. The number of methoxy groups -OCH3 is 1. The number of thiocarbonyl (C=S) groups is 1.